The van der Waals surface area contributed by atoms with Gasteiger partial charge in [-0.15, -0.1) is 0 Å². The fourth-order valence-electron chi connectivity index (χ4n) is 1.95. The summed E-state index contributed by atoms with van der Waals surface area (Å²) >= 11 is 0. The van der Waals surface area contributed by atoms with Crippen molar-refractivity contribution in [3.8, 4) is 0 Å². The first kappa shape index (κ1) is 17.1. The summed E-state index contributed by atoms with van der Waals surface area (Å²) in [7, 11) is 1.37. The molecule has 0 saturated carbocycles. The minimum atomic E-state index is -0.335. The zero-order chi connectivity index (χ0) is 17.0. The van der Waals surface area contributed by atoms with Crippen LogP contribution in [0.15, 0.2) is 28.8 Å². The Kier molecular flexibility index (Phi) is 5.15. The van der Waals surface area contributed by atoms with Gasteiger partial charge in [0.15, 0.2) is 5.82 Å². The molecular weight excluding hydrogens is 294 g/mol. The number of hydrogen-bond donors (Lipinski definition) is 1. The van der Waals surface area contributed by atoms with Gasteiger partial charge in [0.1, 0.15) is 0 Å². The first-order valence-electron chi connectivity index (χ1n) is 7.56. The molecule has 23 heavy (non-hydrogen) atoms. The average Bonchev–Trinajstić information content (AvgIpc) is 3.02. The van der Waals surface area contributed by atoms with E-state index in [1.165, 1.54) is 7.11 Å². The van der Waals surface area contributed by atoms with Crippen molar-refractivity contribution in [2.75, 3.05) is 7.11 Å². The molecule has 0 spiro atoms. The Balaban J connectivity index is 1.95. The number of esters is 1. The largest absolute Gasteiger partial charge is 0.465 e. The Labute approximate surface area is 136 Å². The van der Waals surface area contributed by atoms with Crippen LogP contribution in [0.25, 0.3) is 0 Å². The monoisotopic (exact) mass is 317 g/mol. The number of nitrogens with one attached hydrogen (secondary N) is 1. The normalized spacial score (nSPS) is 12.9. The second-order valence-corrected chi connectivity index (χ2v) is 6.50. The second-order valence-electron chi connectivity index (χ2n) is 6.50. The van der Waals surface area contributed by atoms with Crippen LogP contribution in [0, 0.1) is 0 Å². The molecule has 1 aromatic carbocycles. The molecule has 6 heteroatoms. The van der Waals surface area contributed by atoms with Crippen molar-refractivity contribution in [3.05, 3.63) is 47.1 Å². The van der Waals surface area contributed by atoms with Crippen LogP contribution in [-0.2, 0) is 16.7 Å². The molecule has 6 nitrogen and oxygen atoms in total. The Bertz CT molecular complexity index is 656. The molecule has 0 amide bonds. The third kappa shape index (κ3) is 4.39. The van der Waals surface area contributed by atoms with Gasteiger partial charge in [-0.05, 0) is 24.6 Å². The standard InChI is InChI=1S/C17H23N3O3/c1-11(14-19-16(20-23-14)17(2,3)4)18-10-12-6-8-13(9-7-12)15(21)22-5/h6-9,11,18H,10H2,1-5H3. The van der Waals surface area contributed by atoms with E-state index in [2.05, 4.69) is 20.2 Å². The van der Waals surface area contributed by atoms with Gasteiger partial charge in [0.25, 0.3) is 0 Å². The van der Waals surface area contributed by atoms with Gasteiger partial charge < -0.3 is 14.6 Å². The Morgan fingerprint density at radius 3 is 2.48 bits per heavy atom. The molecule has 0 saturated heterocycles. The number of rotatable bonds is 5. The molecule has 0 aliphatic carbocycles. The molecule has 2 rings (SSSR count). The maximum Gasteiger partial charge on any atom is 0.337 e. The molecule has 0 aliphatic heterocycles. The summed E-state index contributed by atoms with van der Waals surface area (Å²) in [6.45, 7) is 8.74. The van der Waals surface area contributed by atoms with E-state index in [1.807, 2.05) is 39.8 Å². The van der Waals surface area contributed by atoms with Crippen LogP contribution in [0.4, 0.5) is 0 Å². The highest BCUT2D eigenvalue weighted by Crippen LogP contribution is 2.20. The molecule has 1 heterocycles. The molecule has 0 aliphatic rings. The molecule has 1 N–H and O–H groups in total. The highest BCUT2D eigenvalue weighted by Gasteiger charge is 2.22. The molecule has 124 valence electrons. The number of carbonyl (C=O) groups is 1. The summed E-state index contributed by atoms with van der Waals surface area (Å²) in [6, 6.07) is 7.22. The fraction of sp³-hybridized carbons (Fsp3) is 0.471. The van der Waals surface area contributed by atoms with Crippen molar-refractivity contribution in [1.29, 1.82) is 0 Å². The van der Waals surface area contributed by atoms with Gasteiger partial charge >= 0.3 is 5.97 Å². The van der Waals surface area contributed by atoms with Crippen molar-refractivity contribution < 1.29 is 14.1 Å². The van der Waals surface area contributed by atoms with E-state index in [0.29, 0.717) is 23.8 Å². The fourth-order valence-corrected chi connectivity index (χ4v) is 1.95. The number of benzene rings is 1. The van der Waals surface area contributed by atoms with Crippen molar-refractivity contribution in [2.24, 2.45) is 0 Å². The van der Waals surface area contributed by atoms with Crippen molar-refractivity contribution in [3.63, 3.8) is 0 Å². The average molecular weight is 317 g/mol. The van der Waals surface area contributed by atoms with Crippen LogP contribution >= 0.6 is 0 Å². The summed E-state index contributed by atoms with van der Waals surface area (Å²) in [5.41, 5.74) is 1.46. The van der Waals surface area contributed by atoms with E-state index >= 15 is 0 Å². The third-order valence-electron chi connectivity index (χ3n) is 3.47. The number of aromatic nitrogens is 2. The summed E-state index contributed by atoms with van der Waals surface area (Å²) in [5, 5.41) is 7.36. The topological polar surface area (TPSA) is 77.2 Å². The number of nitrogens with zero attached hydrogens (tertiary/aromatic N) is 2. The van der Waals surface area contributed by atoms with Gasteiger partial charge in [0.2, 0.25) is 5.89 Å². The molecule has 0 radical (unpaired) electrons. The first-order chi connectivity index (χ1) is 10.8. The summed E-state index contributed by atoms with van der Waals surface area (Å²) in [6.07, 6.45) is 0. The lowest BCUT2D eigenvalue weighted by molar-refractivity contribution is 0.0600. The predicted octanol–water partition coefficient (Wildman–Crippen LogP) is 3.00. The molecule has 1 unspecified atom stereocenters. The number of ether oxygens (including phenoxy) is 1. The van der Waals surface area contributed by atoms with Gasteiger partial charge in [-0.1, -0.05) is 38.1 Å². The highest BCUT2D eigenvalue weighted by molar-refractivity contribution is 5.89. The van der Waals surface area contributed by atoms with Crippen LogP contribution in [0.3, 0.4) is 0 Å². The Morgan fingerprint density at radius 1 is 1.30 bits per heavy atom. The number of hydrogen-bond acceptors (Lipinski definition) is 6. The summed E-state index contributed by atoms with van der Waals surface area (Å²) in [5.74, 6) is 0.933. The molecule has 0 fully saturated rings. The van der Waals surface area contributed by atoms with Crippen LogP contribution in [0.1, 0.15) is 61.4 Å². The van der Waals surface area contributed by atoms with Crippen molar-refractivity contribution in [2.45, 2.75) is 45.7 Å². The quantitative estimate of drug-likeness (QED) is 0.854. The molecule has 1 aromatic heterocycles. The molecular formula is C17H23N3O3. The number of carbonyl (C=O) groups excluding carboxylic acids is 1. The van der Waals surface area contributed by atoms with Gasteiger partial charge in [-0.25, -0.2) is 4.79 Å². The lowest BCUT2D eigenvalue weighted by Crippen LogP contribution is -2.19. The van der Waals surface area contributed by atoms with E-state index in [0.717, 1.165) is 5.56 Å². The number of methoxy groups -OCH3 is 1. The molecule has 1 atom stereocenters. The van der Waals surface area contributed by atoms with Gasteiger partial charge in [0.05, 0.1) is 18.7 Å². The van der Waals surface area contributed by atoms with Crippen molar-refractivity contribution in [1.82, 2.24) is 15.5 Å². The van der Waals surface area contributed by atoms with E-state index in [-0.39, 0.29) is 17.4 Å². The van der Waals surface area contributed by atoms with Crippen LogP contribution in [0.2, 0.25) is 0 Å². The zero-order valence-electron chi connectivity index (χ0n) is 14.2. The minimum Gasteiger partial charge on any atom is -0.465 e. The smallest absolute Gasteiger partial charge is 0.337 e. The van der Waals surface area contributed by atoms with E-state index in [4.69, 9.17) is 4.52 Å². The lowest BCUT2D eigenvalue weighted by atomic mass is 9.96. The Morgan fingerprint density at radius 2 is 1.96 bits per heavy atom. The van der Waals surface area contributed by atoms with E-state index in [9.17, 15) is 4.79 Å². The zero-order valence-corrected chi connectivity index (χ0v) is 14.2. The lowest BCUT2D eigenvalue weighted by Gasteiger charge is -2.12. The van der Waals surface area contributed by atoms with Gasteiger partial charge in [0, 0.05) is 12.0 Å². The van der Waals surface area contributed by atoms with Gasteiger partial charge in [-0.3, -0.25) is 0 Å². The van der Waals surface area contributed by atoms with E-state index < -0.39 is 0 Å². The maximum absolute atomic E-state index is 11.4. The maximum atomic E-state index is 11.4. The van der Waals surface area contributed by atoms with Crippen LogP contribution in [0.5, 0.6) is 0 Å². The van der Waals surface area contributed by atoms with Crippen LogP contribution < -0.4 is 5.32 Å². The minimum absolute atomic E-state index is 0.0566. The third-order valence-corrected chi connectivity index (χ3v) is 3.47. The van der Waals surface area contributed by atoms with Crippen molar-refractivity contribution >= 4 is 5.97 Å². The molecule has 0 bridgehead atoms. The van der Waals surface area contributed by atoms with Gasteiger partial charge in [-0.2, -0.15) is 4.98 Å². The predicted molar refractivity (Wildman–Crippen MR) is 86.0 cm³/mol. The molecule has 2 aromatic rings. The van der Waals surface area contributed by atoms with E-state index in [1.54, 1.807) is 12.1 Å². The summed E-state index contributed by atoms with van der Waals surface area (Å²) in [4.78, 5) is 15.8. The van der Waals surface area contributed by atoms with Crippen LogP contribution in [-0.4, -0.2) is 23.2 Å². The highest BCUT2D eigenvalue weighted by atomic mass is 16.5. The summed E-state index contributed by atoms with van der Waals surface area (Å²) < 4.78 is 10.0. The second kappa shape index (κ2) is 6.91. The Hall–Kier alpha value is -2.21. The SMILES string of the molecule is COC(=O)c1ccc(CNC(C)c2nc(C(C)(C)C)no2)cc1. The first-order valence-corrected chi connectivity index (χ1v) is 7.56.